The normalized spacial score (nSPS) is 13.0. The molecule has 0 aliphatic carbocycles. The van der Waals surface area contributed by atoms with Gasteiger partial charge in [-0.25, -0.2) is 9.78 Å². The average Bonchev–Trinajstić information content (AvgIpc) is 3.07. The molecule has 1 aliphatic rings. The highest BCUT2D eigenvalue weighted by molar-refractivity contribution is 7.99. The minimum atomic E-state index is -0.662. The van der Waals surface area contributed by atoms with Gasteiger partial charge in [0.15, 0.2) is 16.7 Å². The first kappa shape index (κ1) is 20.2. The lowest BCUT2D eigenvalue weighted by molar-refractivity contribution is -0.117. The van der Waals surface area contributed by atoms with Crippen molar-refractivity contribution in [2.24, 2.45) is 7.05 Å². The molecule has 1 aromatic carbocycles. The van der Waals surface area contributed by atoms with Gasteiger partial charge in [0.1, 0.15) is 4.70 Å². The summed E-state index contributed by atoms with van der Waals surface area (Å²) in [7, 11) is 1.60. The predicted octanol–water partition coefficient (Wildman–Crippen LogP) is 2.60. The summed E-state index contributed by atoms with van der Waals surface area (Å²) in [6.45, 7) is 1.11. The van der Waals surface area contributed by atoms with E-state index in [1.54, 1.807) is 36.7 Å². The van der Waals surface area contributed by atoms with E-state index in [-0.39, 0.29) is 11.3 Å². The van der Waals surface area contributed by atoms with Crippen LogP contribution in [-0.4, -0.2) is 40.5 Å². The molecule has 4 rings (SSSR count). The lowest BCUT2D eigenvalue weighted by atomic mass is 10.3. The average molecular weight is 447 g/mol. The number of hydrogen-bond donors (Lipinski definition) is 2. The summed E-state index contributed by atoms with van der Waals surface area (Å²) in [5.74, 6) is 0.589. The van der Waals surface area contributed by atoms with E-state index in [4.69, 9.17) is 9.47 Å². The molecule has 156 valence electrons. The largest absolute Gasteiger partial charge is 0.490 e. The first-order valence-corrected chi connectivity index (χ1v) is 11.0. The van der Waals surface area contributed by atoms with Gasteiger partial charge in [0, 0.05) is 25.2 Å². The molecule has 0 saturated carbocycles. The zero-order valence-electron chi connectivity index (χ0n) is 16.0. The minimum Gasteiger partial charge on any atom is -0.490 e. The number of thiophene rings is 1. The van der Waals surface area contributed by atoms with Crippen molar-refractivity contribution in [3.63, 3.8) is 0 Å². The van der Waals surface area contributed by atoms with Crippen molar-refractivity contribution in [2.75, 3.05) is 24.3 Å². The lowest BCUT2D eigenvalue weighted by Gasteiger charge is -2.11. The zero-order valence-corrected chi connectivity index (χ0v) is 17.6. The van der Waals surface area contributed by atoms with Crippen LogP contribution < -0.4 is 25.7 Å². The number of imide groups is 1. The maximum Gasteiger partial charge on any atom is 0.325 e. The molecule has 11 heteroatoms. The molecule has 0 atom stereocenters. The van der Waals surface area contributed by atoms with Gasteiger partial charge in [-0.3, -0.25) is 19.5 Å². The van der Waals surface area contributed by atoms with E-state index in [2.05, 4.69) is 15.6 Å². The van der Waals surface area contributed by atoms with E-state index < -0.39 is 11.9 Å². The molecule has 9 nitrogen and oxygen atoms in total. The van der Waals surface area contributed by atoms with Gasteiger partial charge in [-0.05, 0) is 23.6 Å². The molecule has 0 bridgehead atoms. The van der Waals surface area contributed by atoms with Crippen molar-refractivity contribution in [1.29, 1.82) is 0 Å². The monoisotopic (exact) mass is 446 g/mol. The fraction of sp³-hybridized carbons (Fsp3) is 0.263. The Labute approximate surface area is 179 Å². The Kier molecular flexibility index (Phi) is 5.91. The maximum absolute atomic E-state index is 12.3. The number of amides is 3. The van der Waals surface area contributed by atoms with E-state index >= 15 is 0 Å². The second kappa shape index (κ2) is 8.76. The Balaban J connectivity index is 1.34. The van der Waals surface area contributed by atoms with Crippen molar-refractivity contribution in [2.45, 2.75) is 11.6 Å². The van der Waals surface area contributed by atoms with Crippen LogP contribution in [-0.2, 0) is 11.8 Å². The van der Waals surface area contributed by atoms with Crippen LogP contribution in [0, 0.1) is 0 Å². The van der Waals surface area contributed by atoms with Crippen LogP contribution in [0.5, 0.6) is 11.5 Å². The summed E-state index contributed by atoms with van der Waals surface area (Å²) in [5, 5.41) is 7.06. The number of ether oxygens (including phenoxy) is 2. The SMILES string of the molecule is Cn1c(SCC(=O)NC(=O)Nc2ccc3c(c2)OCCCO3)nc2ccsc2c1=O. The second-order valence-corrected chi connectivity index (χ2v) is 8.26. The van der Waals surface area contributed by atoms with Crippen molar-refractivity contribution in [1.82, 2.24) is 14.9 Å². The van der Waals surface area contributed by atoms with Crippen molar-refractivity contribution in [3.05, 3.63) is 40.0 Å². The third kappa shape index (κ3) is 4.41. The molecule has 3 amide bonds. The van der Waals surface area contributed by atoms with Gasteiger partial charge in [0.05, 0.1) is 24.5 Å². The van der Waals surface area contributed by atoms with Crippen molar-refractivity contribution in [3.8, 4) is 11.5 Å². The van der Waals surface area contributed by atoms with E-state index in [1.807, 2.05) is 0 Å². The summed E-state index contributed by atoms with van der Waals surface area (Å²) in [6, 6.07) is 6.12. The molecular formula is C19H18N4O5S2. The number of benzene rings is 1. The Morgan fingerprint density at radius 2 is 2.03 bits per heavy atom. The molecule has 0 radical (unpaired) electrons. The number of carbonyl (C=O) groups is 2. The molecule has 3 aromatic rings. The number of thioether (sulfide) groups is 1. The van der Waals surface area contributed by atoms with E-state index in [0.29, 0.717) is 45.8 Å². The van der Waals surface area contributed by atoms with Crippen molar-refractivity contribution < 1.29 is 19.1 Å². The van der Waals surface area contributed by atoms with Gasteiger partial charge in [-0.15, -0.1) is 11.3 Å². The topological polar surface area (TPSA) is 112 Å². The standard InChI is InChI=1S/C19H18N4O5S2/c1-23-17(25)16-12(5-8-29-16)21-19(23)30-10-15(24)22-18(26)20-11-3-4-13-14(9-11)28-7-2-6-27-13/h3-5,8-9H,2,6-7,10H2,1H3,(H2,20,22,24,26). The summed E-state index contributed by atoms with van der Waals surface area (Å²) in [5.41, 5.74) is 0.910. The number of rotatable bonds is 4. The van der Waals surface area contributed by atoms with Crippen LogP contribution in [0.15, 0.2) is 39.6 Å². The second-order valence-electron chi connectivity index (χ2n) is 6.40. The highest BCUT2D eigenvalue weighted by atomic mass is 32.2. The number of anilines is 1. The molecule has 0 spiro atoms. The number of nitrogens with one attached hydrogen (secondary N) is 2. The highest BCUT2D eigenvalue weighted by Crippen LogP contribution is 2.32. The van der Waals surface area contributed by atoms with Crippen LogP contribution >= 0.6 is 23.1 Å². The Morgan fingerprint density at radius 3 is 2.87 bits per heavy atom. The van der Waals surface area contributed by atoms with Crippen LogP contribution in [0.1, 0.15) is 6.42 Å². The van der Waals surface area contributed by atoms with E-state index in [0.717, 1.165) is 18.2 Å². The third-order valence-electron chi connectivity index (χ3n) is 4.24. The molecule has 30 heavy (non-hydrogen) atoms. The molecule has 3 heterocycles. The molecule has 0 unspecified atom stereocenters. The van der Waals surface area contributed by atoms with Gasteiger partial charge < -0.3 is 14.8 Å². The lowest BCUT2D eigenvalue weighted by Crippen LogP contribution is -2.35. The van der Waals surface area contributed by atoms with Gasteiger partial charge in [-0.1, -0.05) is 11.8 Å². The summed E-state index contributed by atoms with van der Waals surface area (Å²) >= 11 is 2.41. The number of carbonyl (C=O) groups excluding carboxylic acids is 2. The Hall–Kier alpha value is -3.05. The first-order chi connectivity index (χ1) is 14.5. The quantitative estimate of drug-likeness (QED) is 0.468. The van der Waals surface area contributed by atoms with E-state index in [9.17, 15) is 14.4 Å². The predicted molar refractivity (Wildman–Crippen MR) is 115 cm³/mol. The molecule has 1 aliphatic heterocycles. The number of nitrogens with zero attached hydrogens (tertiary/aromatic N) is 2. The van der Waals surface area contributed by atoms with Crippen LogP contribution in [0.4, 0.5) is 10.5 Å². The van der Waals surface area contributed by atoms with Gasteiger partial charge in [0.25, 0.3) is 5.56 Å². The van der Waals surface area contributed by atoms with Gasteiger partial charge in [-0.2, -0.15) is 0 Å². The molecule has 0 fully saturated rings. The van der Waals surface area contributed by atoms with E-state index in [1.165, 1.54) is 15.9 Å². The maximum atomic E-state index is 12.3. The Morgan fingerprint density at radius 1 is 1.23 bits per heavy atom. The fourth-order valence-electron chi connectivity index (χ4n) is 2.79. The number of fused-ring (bicyclic) bond motifs is 2. The molecule has 2 N–H and O–H groups in total. The highest BCUT2D eigenvalue weighted by Gasteiger charge is 2.15. The summed E-state index contributed by atoms with van der Waals surface area (Å²) < 4.78 is 13.1. The Bertz CT molecular complexity index is 1170. The third-order valence-corrected chi connectivity index (χ3v) is 6.16. The van der Waals surface area contributed by atoms with Crippen molar-refractivity contribution >= 4 is 50.9 Å². The molecule has 0 saturated heterocycles. The molecular weight excluding hydrogens is 428 g/mol. The summed E-state index contributed by atoms with van der Waals surface area (Å²) in [6.07, 6.45) is 0.782. The fourth-order valence-corrected chi connectivity index (χ4v) is 4.37. The number of aromatic nitrogens is 2. The van der Waals surface area contributed by atoms with Crippen LogP contribution in [0.3, 0.4) is 0 Å². The zero-order chi connectivity index (χ0) is 21.1. The van der Waals surface area contributed by atoms with Gasteiger partial charge >= 0.3 is 6.03 Å². The number of urea groups is 1. The smallest absolute Gasteiger partial charge is 0.325 e. The molecule has 2 aromatic heterocycles. The number of hydrogen-bond acceptors (Lipinski definition) is 8. The van der Waals surface area contributed by atoms with Crippen LogP contribution in [0.2, 0.25) is 0 Å². The van der Waals surface area contributed by atoms with Gasteiger partial charge in [0.2, 0.25) is 5.91 Å². The summed E-state index contributed by atoms with van der Waals surface area (Å²) in [4.78, 5) is 41.0. The van der Waals surface area contributed by atoms with Crippen LogP contribution in [0.25, 0.3) is 10.2 Å². The minimum absolute atomic E-state index is 0.0650. The first-order valence-electron chi connectivity index (χ1n) is 9.09.